The van der Waals surface area contributed by atoms with E-state index in [0.717, 1.165) is 37.0 Å². The first-order chi connectivity index (χ1) is 12.3. The molecular formula is C18H24F3N3O2. The highest BCUT2D eigenvalue weighted by atomic mass is 19.4. The first-order valence-electron chi connectivity index (χ1n) is 9.25. The molecule has 144 valence electrons. The number of carbonyl (C=O) groups excluding carboxylic acids is 1. The number of anilines is 1. The molecule has 0 radical (unpaired) electrons. The second-order valence-electron chi connectivity index (χ2n) is 8.50. The molecule has 0 spiro atoms. The molecular weight excluding hydrogens is 347 g/mol. The SMILES string of the molecule is O=C(CC12CC3CC(CC(C3)C1)C2)Nc1cnn(COCC(F)(F)F)c1. The van der Waals surface area contributed by atoms with Gasteiger partial charge in [0.1, 0.15) is 13.3 Å². The van der Waals surface area contributed by atoms with Gasteiger partial charge in [-0.1, -0.05) is 0 Å². The highest BCUT2D eigenvalue weighted by Crippen LogP contribution is 2.61. The number of rotatable bonds is 6. The standard InChI is InChI=1S/C18H24F3N3O2/c19-18(20,21)10-26-11-24-9-15(8-22-24)23-16(25)7-17-4-12-1-13(5-17)3-14(2-12)6-17/h8-9,12-14H,1-7,10-11H2,(H,23,25). The zero-order chi connectivity index (χ0) is 18.4. The van der Waals surface area contributed by atoms with E-state index in [1.54, 1.807) is 0 Å². The minimum absolute atomic E-state index is 0.0253. The molecule has 5 rings (SSSR count). The van der Waals surface area contributed by atoms with E-state index in [-0.39, 0.29) is 18.1 Å². The predicted octanol–water partition coefficient (Wildman–Crippen LogP) is 3.96. The Morgan fingerprint density at radius 3 is 2.42 bits per heavy atom. The van der Waals surface area contributed by atoms with Crippen molar-refractivity contribution < 1.29 is 22.7 Å². The molecule has 4 saturated carbocycles. The lowest BCUT2D eigenvalue weighted by atomic mass is 9.49. The van der Waals surface area contributed by atoms with Gasteiger partial charge in [-0.25, -0.2) is 4.68 Å². The van der Waals surface area contributed by atoms with E-state index in [1.807, 2.05) is 0 Å². The summed E-state index contributed by atoms with van der Waals surface area (Å²) in [6.07, 6.45) is 6.62. The van der Waals surface area contributed by atoms with Crippen LogP contribution < -0.4 is 5.32 Å². The Labute approximate surface area is 150 Å². The number of hydrogen-bond acceptors (Lipinski definition) is 3. The number of alkyl halides is 3. The number of nitrogens with one attached hydrogen (secondary N) is 1. The van der Waals surface area contributed by atoms with Gasteiger partial charge < -0.3 is 10.1 Å². The van der Waals surface area contributed by atoms with Gasteiger partial charge in [0.05, 0.1) is 18.1 Å². The monoisotopic (exact) mass is 371 g/mol. The van der Waals surface area contributed by atoms with Crippen molar-refractivity contribution in [3.05, 3.63) is 12.4 Å². The van der Waals surface area contributed by atoms with E-state index in [2.05, 4.69) is 15.2 Å². The van der Waals surface area contributed by atoms with Crippen LogP contribution >= 0.6 is 0 Å². The number of carbonyl (C=O) groups is 1. The largest absolute Gasteiger partial charge is 0.411 e. The van der Waals surface area contributed by atoms with Gasteiger partial charge in [0.15, 0.2) is 0 Å². The third-order valence-electron chi connectivity index (χ3n) is 6.11. The summed E-state index contributed by atoms with van der Waals surface area (Å²) in [4.78, 5) is 12.5. The quantitative estimate of drug-likeness (QED) is 0.823. The maximum absolute atomic E-state index is 12.5. The molecule has 1 aromatic heterocycles. The molecule has 8 heteroatoms. The minimum atomic E-state index is -4.36. The molecule has 1 N–H and O–H groups in total. The van der Waals surface area contributed by atoms with Gasteiger partial charge >= 0.3 is 6.18 Å². The maximum Gasteiger partial charge on any atom is 0.411 e. The van der Waals surface area contributed by atoms with Gasteiger partial charge in [0, 0.05) is 6.42 Å². The van der Waals surface area contributed by atoms with E-state index < -0.39 is 12.8 Å². The van der Waals surface area contributed by atoms with Crippen molar-refractivity contribution in [1.29, 1.82) is 0 Å². The molecule has 1 amide bonds. The topological polar surface area (TPSA) is 56.2 Å². The van der Waals surface area contributed by atoms with Gasteiger partial charge in [-0.3, -0.25) is 4.79 Å². The lowest BCUT2D eigenvalue weighted by Crippen LogP contribution is -2.47. The fourth-order valence-electron chi connectivity index (χ4n) is 5.81. The van der Waals surface area contributed by atoms with Crippen molar-refractivity contribution in [2.75, 3.05) is 11.9 Å². The molecule has 0 saturated heterocycles. The van der Waals surface area contributed by atoms with E-state index in [0.29, 0.717) is 12.1 Å². The highest BCUT2D eigenvalue weighted by molar-refractivity contribution is 5.90. The Kier molecular flexibility index (Phi) is 4.49. The summed E-state index contributed by atoms with van der Waals surface area (Å²) in [6.45, 7) is -1.62. The van der Waals surface area contributed by atoms with Gasteiger partial charge in [0.2, 0.25) is 5.91 Å². The molecule has 4 fully saturated rings. The molecule has 5 nitrogen and oxygen atoms in total. The fraction of sp³-hybridized carbons (Fsp3) is 0.778. The van der Waals surface area contributed by atoms with Crippen LogP contribution in [0.5, 0.6) is 0 Å². The minimum Gasteiger partial charge on any atom is -0.350 e. The van der Waals surface area contributed by atoms with Crippen LogP contribution in [-0.4, -0.2) is 28.5 Å². The van der Waals surface area contributed by atoms with Crippen LogP contribution in [0.25, 0.3) is 0 Å². The van der Waals surface area contributed by atoms with Gasteiger partial charge in [-0.05, 0) is 61.7 Å². The Hall–Kier alpha value is -1.57. The van der Waals surface area contributed by atoms with Gasteiger partial charge in [0.25, 0.3) is 0 Å². The average molecular weight is 371 g/mol. The summed E-state index contributed by atoms with van der Waals surface area (Å²) < 4.78 is 42.0. The van der Waals surface area contributed by atoms with Crippen LogP contribution in [0.15, 0.2) is 12.4 Å². The molecule has 1 heterocycles. The van der Waals surface area contributed by atoms with E-state index in [1.165, 1.54) is 36.3 Å². The van der Waals surface area contributed by atoms with Crippen LogP contribution in [0.4, 0.5) is 18.9 Å². The summed E-state index contributed by atoms with van der Waals surface area (Å²) in [5.41, 5.74) is 0.653. The van der Waals surface area contributed by atoms with Crippen LogP contribution in [-0.2, 0) is 16.3 Å². The smallest absolute Gasteiger partial charge is 0.350 e. The number of aromatic nitrogens is 2. The van der Waals surface area contributed by atoms with Crippen molar-refractivity contribution in [2.24, 2.45) is 23.2 Å². The Morgan fingerprint density at radius 1 is 1.23 bits per heavy atom. The summed E-state index contributed by atoms with van der Waals surface area (Å²) >= 11 is 0. The van der Waals surface area contributed by atoms with Crippen molar-refractivity contribution in [1.82, 2.24) is 9.78 Å². The molecule has 0 unspecified atom stereocenters. The lowest BCUT2D eigenvalue weighted by molar-refractivity contribution is -0.182. The van der Waals surface area contributed by atoms with Crippen LogP contribution in [0.1, 0.15) is 44.9 Å². The predicted molar refractivity (Wildman–Crippen MR) is 88.1 cm³/mol. The summed E-state index contributed by atoms with van der Waals surface area (Å²) in [5.74, 6) is 2.36. The van der Waals surface area contributed by atoms with Crippen molar-refractivity contribution >= 4 is 11.6 Å². The molecule has 4 bridgehead atoms. The van der Waals surface area contributed by atoms with E-state index >= 15 is 0 Å². The zero-order valence-corrected chi connectivity index (χ0v) is 14.6. The Morgan fingerprint density at radius 2 is 1.85 bits per heavy atom. The number of ether oxygens (including phenoxy) is 1. The van der Waals surface area contributed by atoms with Crippen molar-refractivity contribution in [3.63, 3.8) is 0 Å². The Bertz CT molecular complexity index is 636. The fourth-order valence-corrected chi connectivity index (χ4v) is 5.81. The number of hydrogen-bond donors (Lipinski definition) is 1. The molecule has 0 aromatic carbocycles. The van der Waals surface area contributed by atoms with Crippen molar-refractivity contribution in [2.45, 2.75) is 57.9 Å². The summed E-state index contributed by atoms with van der Waals surface area (Å²) in [5, 5.41) is 6.77. The summed E-state index contributed by atoms with van der Waals surface area (Å²) in [7, 11) is 0. The van der Waals surface area contributed by atoms with Crippen LogP contribution in [0, 0.1) is 23.2 Å². The second kappa shape index (κ2) is 6.55. The van der Waals surface area contributed by atoms with Gasteiger partial charge in [-0.2, -0.15) is 18.3 Å². The third kappa shape index (κ3) is 4.05. The first kappa shape index (κ1) is 17.8. The number of nitrogens with zero attached hydrogens (tertiary/aromatic N) is 2. The van der Waals surface area contributed by atoms with Crippen LogP contribution in [0.3, 0.4) is 0 Å². The van der Waals surface area contributed by atoms with E-state index in [9.17, 15) is 18.0 Å². The Balaban J connectivity index is 1.29. The van der Waals surface area contributed by atoms with Gasteiger partial charge in [-0.15, -0.1) is 0 Å². The summed E-state index contributed by atoms with van der Waals surface area (Å²) in [6, 6.07) is 0. The second-order valence-corrected chi connectivity index (χ2v) is 8.50. The van der Waals surface area contributed by atoms with Crippen molar-refractivity contribution in [3.8, 4) is 0 Å². The molecule has 0 atom stereocenters. The molecule has 0 aliphatic heterocycles. The molecule has 1 aromatic rings. The maximum atomic E-state index is 12.5. The third-order valence-corrected chi connectivity index (χ3v) is 6.11. The zero-order valence-electron chi connectivity index (χ0n) is 14.6. The van der Waals surface area contributed by atoms with Crippen LogP contribution in [0.2, 0.25) is 0 Å². The van der Waals surface area contributed by atoms with E-state index in [4.69, 9.17) is 0 Å². The highest BCUT2D eigenvalue weighted by Gasteiger charge is 2.51. The average Bonchev–Trinajstić information content (AvgIpc) is 2.90. The number of amides is 1. The number of halogens is 3. The molecule has 26 heavy (non-hydrogen) atoms. The first-order valence-corrected chi connectivity index (χ1v) is 9.25. The normalized spacial score (nSPS) is 32.8. The lowest BCUT2D eigenvalue weighted by Gasteiger charge is -2.56. The molecule has 4 aliphatic carbocycles. The molecule has 4 aliphatic rings.